The van der Waals surface area contributed by atoms with E-state index in [1.165, 1.54) is 5.56 Å². The van der Waals surface area contributed by atoms with Crippen molar-refractivity contribution < 1.29 is 4.79 Å². The van der Waals surface area contributed by atoms with E-state index < -0.39 is 0 Å². The average Bonchev–Trinajstić information content (AvgIpc) is 2.40. The van der Waals surface area contributed by atoms with Crippen LogP contribution in [-0.4, -0.2) is 18.7 Å². The maximum absolute atomic E-state index is 11.7. The summed E-state index contributed by atoms with van der Waals surface area (Å²) < 4.78 is 0. The van der Waals surface area contributed by atoms with Crippen LogP contribution in [0.15, 0.2) is 29.4 Å². The molecular weight excluding hydrogens is 226 g/mol. The van der Waals surface area contributed by atoms with Crippen molar-refractivity contribution in [2.24, 2.45) is 10.8 Å². The summed E-state index contributed by atoms with van der Waals surface area (Å²) in [5.74, 6) is -0.117. The molecule has 0 bridgehead atoms. The summed E-state index contributed by atoms with van der Waals surface area (Å²) >= 11 is 0. The number of nitrogens with two attached hydrogens (primary N) is 1. The molecule has 0 fully saturated rings. The van der Waals surface area contributed by atoms with Crippen molar-refractivity contribution in [1.82, 2.24) is 5.43 Å². The number of benzene rings is 1. The zero-order chi connectivity index (χ0) is 12.8. The van der Waals surface area contributed by atoms with E-state index in [9.17, 15) is 4.79 Å². The van der Waals surface area contributed by atoms with Crippen LogP contribution < -0.4 is 11.2 Å². The number of unbranched alkanes of at least 4 members (excludes halogenated alkanes) is 1. The molecule has 1 unspecified atom stereocenters. The van der Waals surface area contributed by atoms with E-state index >= 15 is 0 Å². The molecule has 0 aromatic heterocycles. The van der Waals surface area contributed by atoms with Crippen LogP contribution in [0.2, 0.25) is 0 Å². The Morgan fingerprint density at radius 2 is 2.28 bits per heavy atom. The molecule has 18 heavy (non-hydrogen) atoms. The fourth-order valence-corrected chi connectivity index (χ4v) is 2.18. The van der Waals surface area contributed by atoms with Gasteiger partial charge < -0.3 is 5.73 Å². The van der Waals surface area contributed by atoms with E-state index in [0.717, 1.165) is 31.4 Å². The number of hydrazone groups is 1. The lowest BCUT2D eigenvalue weighted by atomic mass is 9.92. The minimum Gasteiger partial charge on any atom is -0.330 e. The topological polar surface area (TPSA) is 67.5 Å². The maximum atomic E-state index is 11.7. The Morgan fingerprint density at radius 1 is 1.39 bits per heavy atom. The average molecular weight is 245 g/mol. The summed E-state index contributed by atoms with van der Waals surface area (Å²) in [6, 6.07) is 8.26. The molecule has 1 aliphatic heterocycles. The first-order valence-corrected chi connectivity index (χ1v) is 6.41. The van der Waals surface area contributed by atoms with Crippen LogP contribution in [0.5, 0.6) is 0 Å². The zero-order valence-corrected chi connectivity index (χ0v) is 10.4. The lowest BCUT2D eigenvalue weighted by Gasteiger charge is -2.17. The number of carbonyl (C=O) groups excluding carboxylic acids is 1. The Kier molecular flexibility index (Phi) is 4.47. The number of carbonyl (C=O) groups is 1. The molecule has 96 valence electrons. The monoisotopic (exact) mass is 245 g/mol. The number of aryl methyl sites for hydroxylation is 1. The Bertz CT molecular complexity index is 442. The molecule has 0 radical (unpaired) electrons. The van der Waals surface area contributed by atoms with Gasteiger partial charge in [-0.15, -0.1) is 0 Å². The van der Waals surface area contributed by atoms with Crippen molar-refractivity contribution in [2.75, 3.05) is 6.54 Å². The van der Waals surface area contributed by atoms with Gasteiger partial charge >= 0.3 is 0 Å². The Hall–Kier alpha value is -1.68. The number of rotatable bonds is 5. The van der Waals surface area contributed by atoms with Crippen LogP contribution >= 0.6 is 0 Å². The van der Waals surface area contributed by atoms with Crippen molar-refractivity contribution >= 4 is 12.1 Å². The highest BCUT2D eigenvalue weighted by Gasteiger charge is 2.21. The maximum Gasteiger partial charge on any atom is 0.247 e. The van der Waals surface area contributed by atoms with Crippen molar-refractivity contribution in [3.05, 3.63) is 35.4 Å². The third-order valence-corrected chi connectivity index (χ3v) is 3.20. The van der Waals surface area contributed by atoms with Crippen LogP contribution in [0.1, 0.15) is 36.3 Å². The largest absolute Gasteiger partial charge is 0.330 e. The standard InChI is InChI=1S/C14H19N3O/c15-8-2-1-4-11-5-3-6-12(10-11)13-7-9-16-17-14(13)18/h3,5-6,9-10,13H,1-2,4,7-8,15H2,(H,17,18). The summed E-state index contributed by atoms with van der Waals surface area (Å²) in [6.07, 6.45) is 5.60. The van der Waals surface area contributed by atoms with Crippen LogP contribution in [0.3, 0.4) is 0 Å². The fourth-order valence-electron chi connectivity index (χ4n) is 2.18. The predicted octanol–water partition coefficient (Wildman–Crippen LogP) is 1.56. The molecule has 1 amide bonds. The second-order valence-electron chi connectivity index (χ2n) is 4.57. The molecule has 4 nitrogen and oxygen atoms in total. The number of nitrogens with one attached hydrogen (secondary N) is 1. The second-order valence-corrected chi connectivity index (χ2v) is 4.57. The van der Waals surface area contributed by atoms with Gasteiger partial charge in [-0.2, -0.15) is 5.10 Å². The van der Waals surface area contributed by atoms with Gasteiger partial charge in [-0.1, -0.05) is 24.3 Å². The number of hydrogen-bond donors (Lipinski definition) is 2. The SMILES string of the molecule is NCCCCc1cccc(C2CC=NNC2=O)c1. The quantitative estimate of drug-likeness (QED) is 0.773. The lowest BCUT2D eigenvalue weighted by molar-refractivity contribution is -0.122. The molecular formula is C14H19N3O. The summed E-state index contributed by atoms with van der Waals surface area (Å²) in [6.45, 7) is 0.737. The predicted molar refractivity (Wildman–Crippen MR) is 72.4 cm³/mol. The first kappa shape index (κ1) is 12.8. The van der Waals surface area contributed by atoms with Gasteiger partial charge in [0.1, 0.15) is 0 Å². The minimum atomic E-state index is -0.100. The lowest BCUT2D eigenvalue weighted by Crippen LogP contribution is -2.29. The Labute approximate surface area is 107 Å². The number of hydrogen-bond acceptors (Lipinski definition) is 3. The van der Waals surface area contributed by atoms with Gasteiger partial charge in [-0.25, -0.2) is 5.43 Å². The van der Waals surface area contributed by atoms with Crippen LogP contribution in [0.4, 0.5) is 0 Å². The molecule has 1 aliphatic rings. The van der Waals surface area contributed by atoms with E-state index in [1.807, 2.05) is 12.1 Å². The molecule has 3 N–H and O–H groups in total. The molecule has 1 atom stereocenters. The molecule has 0 spiro atoms. The van der Waals surface area contributed by atoms with Crippen LogP contribution in [-0.2, 0) is 11.2 Å². The molecule has 1 aromatic carbocycles. The molecule has 0 aliphatic carbocycles. The van der Waals surface area contributed by atoms with Gasteiger partial charge in [-0.3, -0.25) is 4.79 Å². The van der Waals surface area contributed by atoms with E-state index in [-0.39, 0.29) is 11.8 Å². The number of amides is 1. The van der Waals surface area contributed by atoms with Gasteiger partial charge in [-0.05, 0) is 36.9 Å². The van der Waals surface area contributed by atoms with E-state index in [2.05, 4.69) is 22.7 Å². The molecule has 0 saturated heterocycles. The molecule has 0 saturated carbocycles. The van der Waals surface area contributed by atoms with E-state index in [1.54, 1.807) is 6.21 Å². The summed E-state index contributed by atoms with van der Waals surface area (Å²) in [4.78, 5) is 11.7. The fraction of sp³-hybridized carbons (Fsp3) is 0.429. The second kappa shape index (κ2) is 6.31. The highest BCUT2D eigenvalue weighted by molar-refractivity contribution is 5.89. The van der Waals surface area contributed by atoms with Gasteiger partial charge in [0.25, 0.3) is 0 Å². The van der Waals surface area contributed by atoms with Crippen molar-refractivity contribution in [3.63, 3.8) is 0 Å². The smallest absolute Gasteiger partial charge is 0.247 e. The van der Waals surface area contributed by atoms with Gasteiger partial charge in [0.2, 0.25) is 5.91 Å². The van der Waals surface area contributed by atoms with Crippen molar-refractivity contribution in [1.29, 1.82) is 0 Å². The molecule has 2 rings (SSSR count). The summed E-state index contributed by atoms with van der Waals surface area (Å²) in [5.41, 5.74) is 10.4. The first-order valence-electron chi connectivity index (χ1n) is 6.41. The Morgan fingerprint density at radius 3 is 3.06 bits per heavy atom. The highest BCUT2D eigenvalue weighted by atomic mass is 16.2. The van der Waals surface area contributed by atoms with E-state index in [4.69, 9.17) is 5.73 Å². The van der Waals surface area contributed by atoms with Crippen molar-refractivity contribution in [3.8, 4) is 0 Å². The number of nitrogens with zero attached hydrogens (tertiary/aromatic N) is 1. The van der Waals surface area contributed by atoms with Crippen LogP contribution in [0.25, 0.3) is 0 Å². The van der Waals surface area contributed by atoms with Gasteiger partial charge in [0.15, 0.2) is 0 Å². The summed E-state index contributed by atoms with van der Waals surface area (Å²) in [5, 5.41) is 3.78. The third-order valence-electron chi connectivity index (χ3n) is 3.20. The minimum absolute atomic E-state index is 0.0170. The normalized spacial score (nSPS) is 18.7. The molecule has 1 aromatic rings. The first-order chi connectivity index (χ1) is 8.81. The van der Waals surface area contributed by atoms with Crippen LogP contribution in [0, 0.1) is 0 Å². The third kappa shape index (κ3) is 3.17. The van der Waals surface area contributed by atoms with Crippen molar-refractivity contribution in [2.45, 2.75) is 31.6 Å². The summed E-state index contributed by atoms with van der Waals surface area (Å²) in [7, 11) is 0. The van der Waals surface area contributed by atoms with E-state index in [0.29, 0.717) is 6.42 Å². The van der Waals surface area contributed by atoms with Gasteiger partial charge in [0.05, 0.1) is 5.92 Å². The highest BCUT2D eigenvalue weighted by Crippen LogP contribution is 2.22. The Balaban J connectivity index is 2.06. The van der Waals surface area contributed by atoms with Gasteiger partial charge in [0, 0.05) is 12.6 Å². The molecule has 1 heterocycles. The zero-order valence-electron chi connectivity index (χ0n) is 10.4. The molecule has 4 heteroatoms.